The van der Waals surface area contributed by atoms with E-state index in [9.17, 15) is 14.7 Å². The highest BCUT2D eigenvalue weighted by Crippen LogP contribution is 2.34. The average Bonchev–Trinajstić information content (AvgIpc) is 3.06. The highest BCUT2D eigenvalue weighted by molar-refractivity contribution is 5.70. The molecular formula is C36H44O9. The Balaban J connectivity index is 1.71. The Labute approximate surface area is 265 Å². The van der Waals surface area contributed by atoms with Gasteiger partial charge >= 0.3 is 11.9 Å². The third-order valence-corrected chi connectivity index (χ3v) is 7.58. The van der Waals surface area contributed by atoms with Crippen LogP contribution in [0, 0.1) is 0 Å². The topological polar surface area (TPSA) is 110 Å². The molecule has 0 aliphatic heterocycles. The molecule has 0 heterocycles. The maximum Gasteiger partial charge on any atom is 0.306 e. The summed E-state index contributed by atoms with van der Waals surface area (Å²) in [5.41, 5.74) is 2.57. The molecule has 1 fully saturated rings. The Morgan fingerprint density at radius 1 is 0.578 bits per heavy atom. The molecule has 3 aromatic carbocycles. The van der Waals surface area contributed by atoms with Gasteiger partial charge in [-0.1, -0.05) is 86.6 Å². The van der Waals surface area contributed by atoms with E-state index in [4.69, 9.17) is 28.4 Å². The van der Waals surface area contributed by atoms with Gasteiger partial charge in [0.2, 0.25) is 0 Å². The fraction of sp³-hybridized carbons (Fsp3) is 0.444. The minimum atomic E-state index is -1.30. The molecule has 0 bridgehead atoms. The van der Waals surface area contributed by atoms with Gasteiger partial charge < -0.3 is 33.5 Å². The van der Waals surface area contributed by atoms with E-state index in [0.29, 0.717) is 18.6 Å². The van der Waals surface area contributed by atoms with Crippen molar-refractivity contribution < 1.29 is 43.1 Å². The summed E-state index contributed by atoms with van der Waals surface area (Å²) >= 11 is 0. The lowest BCUT2D eigenvalue weighted by atomic mass is 9.83. The first kappa shape index (κ1) is 34.1. The lowest BCUT2D eigenvalue weighted by Gasteiger charge is -2.47. The fourth-order valence-electron chi connectivity index (χ4n) is 5.26. The Bertz CT molecular complexity index is 1300. The van der Waals surface area contributed by atoms with Crippen LogP contribution in [0.2, 0.25) is 0 Å². The normalized spacial score (nSPS) is 22.8. The van der Waals surface area contributed by atoms with E-state index >= 15 is 0 Å². The second-order valence-corrected chi connectivity index (χ2v) is 11.0. The molecule has 1 saturated carbocycles. The molecule has 242 valence electrons. The van der Waals surface area contributed by atoms with Crippen molar-refractivity contribution in [1.29, 1.82) is 0 Å². The molecule has 9 nitrogen and oxygen atoms in total. The summed E-state index contributed by atoms with van der Waals surface area (Å²) in [5.74, 6) is -0.257. The average molecular weight is 621 g/mol. The largest absolute Gasteiger partial charge is 0.497 e. The van der Waals surface area contributed by atoms with Crippen molar-refractivity contribution in [1.82, 2.24) is 0 Å². The highest BCUT2D eigenvalue weighted by Gasteiger charge is 2.56. The van der Waals surface area contributed by atoms with Gasteiger partial charge in [0.15, 0.2) is 12.2 Å². The number of rotatable bonds is 16. The van der Waals surface area contributed by atoms with Crippen LogP contribution in [0.15, 0.2) is 84.9 Å². The van der Waals surface area contributed by atoms with Crippen molar-refractivity contribution in [3.8, 4) is 5.75 Å². The van der Waals surface area contributed by atoms with Crippen molar-refractivity contribution >= 4 is 11.9 Å². The Hall–Kier alpha value is -3.76. The van der Waals surface area contributed by atoms with Crippen LogP contribution in [0.25, 0.3) is 0 Å². The van der Waals surface area contributed by atoms with E-state index in [0.717, 1.165) is 16.7 Å². The van der Waals surface area contributed by atoms with Crippen LogP contribution in [0.5, 0.6) is 5.75 Å². The Morgan fingerprint density at radius 3 is 1.42 bits per heavy atom. The molecule has 0 amide bonds. The van der Waals surface area contributed by atoms with E-state index in [1.54, 1.807) is 7.11 Å². The number of aliphatic hydroxyl groups is 1. The molecule has 3 aromatic rings. The summed E-state index contributed by atoms with van der Waals surface area (Å²) in [7, 11) is 1.60. The van der Waals surface area contributed by atoms with E-state index in [1.165, 1.54) is 0 Å². The predicted octanol–water partition coefficient (Wildman–Crippen LogP) is 5.55. The fourth-order valence-corrected chi connectivity index (χ4v) is 5.26. The smallest absolute Gasteiger partial charge is 0.306 e. The summed E-state index contributed by atoms with van der Waals surface area (Å²) in [6.45, 7) is 4.14. The summed E-state index contributed by atoms with van der Waals surface area (Å²) < 4.78 is 36.4. The van der Waals surface area contributed by atoms with Gasteiger partial charge in [0, 0.05) is 12.8 Å². The van der Waals surface area contributed by atoms with Crippen LogP contribution in [0.4, 0.5) is 0 Å². The van der Waals surface area contributed by atoms with Crippen molar-refractivity contribution in [2.75, 3.05) is 7.11 Å². The van der Waals surface area contributed by atoms with Gasteiger partial charge in [0.1, 0.15) is 30.2 Å². The molecule has 45 heavy (non-hydrogen) atoms. The monoisotopic (exact) mass is 620 g/mol. The minimum Gasteiger partial charge on any atom is -0.497 e. The zero-order valence-electron chi connectivity index (χ0n) is 26.2. The first-order chi connectivity index (χ1) is 21.9. The summed E-state index contributed by atoms with van der Waals surface area (Å²) in [6, 6.07) is 26.4. The first-order valence-corrected chi connectivity index (χ1v) is 15.6. The zero-order chi connectivity index (χ0) is 32.0. The predicted molar refractivity (Wildman–Crippen MR) is 167 cm³/mol. The van der Waals surface area contributed by atoms with E-state index < -0.39 is 48.6 Å². The molecule has 6 atom stereocenters. The molecule has 0 unspecified atom stereocenters. The quantitative estimate of drug-likeness (QED) is 0.206. The molecule has 1 aliphatic carbocycles. The summed E-state index contributed by atoms with van der Waals surface area (Å²) in [5, 5.41) is 11.9. The third-order valence-electron chi connectivity index (χ3n) is 7.58. The van der Waals surface area contributed by atoms with Gasteiger partial charge in [-0.2, -0.15) is 0 Å². The number of hydrogen-bond donors (Lipinski definition) is 1. The SMILES string of the molecule is CCCC(=O)O[C@@H]1[C@@H](OCc2ccccc2)[C@H](OCc2ccc(OC)cc2)[C@H](O)[C@H](OCc2ccccc2)[C@H]1OC(=O)CCC. The second-order valence-electron chi connectivity index (χ2n) is 11.0. The van der Waals surface area contributed by atoms with Crippen LogP contribution in [0.3, 0.4) is 0 Å². The van der Waals surface area contributed by atoms with Crippen LogP contribution < -0.4 is 4.74 Å². The molecule has 1 aliphatic rings. The van der Waals surface area contributed by atoms with Gasteiger partial charge in [-0.15, -0.1) is 0 Å². The molecule has 1 N–H and O–H groups in total. The van der Waals surface area contributed by atoms with Gasteiger partial charge in [-0.05, 0) is 41.7 Å². The van der Waals surface area contributed by atoms with Crippen molar-refractivity contribution in [2.45, 2.75) is 96.0 Å². The molecule has 0 spiro atoms. The number of esters is 2. The number of methoxy groups -OCH3 is 1. The summed E-state index contributed by atoms with van der Waals surface area (Å²) in [4.78, 5) is 26.0. The Kier molecular flexibility index (Phi) is 13.4. The Morgan fingerprint density at radius 2 is 0.978 bits per heavy atom. The minimum absolute atomic E-state index is 0.123. The molecular weight excluding hydrogens is 576 g/mol. The molecule has 0 aromatic heterocycles. The number of hydrogen-bond acceptors (Lipinski definition) is 9. The van der Waals surface area contributed by atoms with Gasteiger partial charge in [-0.3, -0.25) is 9.59 Å². The first-order valence-electron chi connectivity index (χ1n) is 15.6. The zero-order valence-corrected chi connectivity index (χ0v) is 26.2. The van der Waals surface area contributed by atoms with Crippen LogP contribution in [-0.2, 0) is 53.1 Å². The number of benzene rings is 3. The van der Waals surface area contributed by atoms with E-state index in [1.807, 2.05) is 98.8 Å². The van der Waals surface area contributed by atoms with Gasteiger partial charge in [0.05, 0.1) is 26.9 Å². The number of ether oxygens (including phenoxy) is 6. The molecule has 9 heteroatoms. The van der Waals surface area contributed by atoms with Gasteiger partial charge in [-0.25, -0.2) is 0 Å². The molecule has 0 saturated heterocycles. The van der Waals surface area contributed by atoms with Crippen LogP contribution >= 0.6 is 0 Å². The lowest BCUT2D eigenvalue weighted by molar-refractivity contribution is -0.271. The van der Waals surface area contributed by atoms with Crippen molar-refractivity contribution in [3.63, 3.8) is 0 Å². The van der Waals surface area contributed by atoms with E-state index in [-0.39, 0.29) is 32.7 Å². The second kappa shape index (κ2) is 17.7. The van der Waals surface area contributed by atoms with Crippen molar-refractivity contribution in [2.24, 2.45) is 0 Å². The van der Waals surface area contributed by atoms with Crippen LogP contribution in [0.1, 0.15) is 56.2 Å². The van der Waals surface area contributed by atoms with E-state index in [2.05, 4.69) is 0 Å². The van der Waals surface area contributed by atoms with Gasteiger partial charge in [0.25, 0.3) is 0 Å². The highest BCUT2D eigenvalue weighted by atomic mass is 16.6. The maximum atomic E-state index is 13.0. The maximum absolute atomic E-state index is 13.0. The summed E-state index contributed by atoms with van der Waals surface area (Å²) in [6.07, 6.45) is -5.19. The molecule has 0 radical (unpaired) electrons. The standard InChI is InChI=1S/C36H44O9/c1-4-12-29(37)44-35-33(42-22-25-14-8-6-9-15-25)31(39)32(41-24-27-18-20-28(40-3)21-19-27)34(36(35)45-30(38)13-5-2)43-23-26-16-10-7-11-17-26/h6-11,14-21,31-36,39H,4-5,12-13,22-24H2,1-3H3/t31-,32+,33-,34-,35+,36+/m0/s1. The number of carbonyl (C=O) groups excluding carboxylic acids is 2. The molecule has 4 rings (SSSR count). The number of aliphatic hydroxyl groups excluding tert-OH is 1. The van der Waals surface area contributed by atoms with Crippen LogP contribution in [-0.4, -0.2) is 60.8 Å². The number of carbonyl (C=O) groups is 2. The lowest BCUT2D eigenvalue weighted by Crippen LogP contribution is -2.67. The third kappa shape index (κ3) is 9.86. The van der Waals surface area contributed by atoms with Crippen molar-refractivity contribution in [3.05, 3.63) is 102 Å².